The van der Waals surface area contributed by atoms with E-state index in [1.165, 1.54) is 23.4 Å². The number of benzene rings is 1. The molecular formula is C13H13FN6. The van der Waals surface area contributed by atoms with Gasteiger partial charge in [0.15, 0.2) is 5.82 Å². The van der Waals surface area contributed by atoms with E-state index in [1.807, 2.05) is 6.92 Å². The molecule has 102 valence electrons. The Morgan fingerprint density at radius 3 is 2.95 bits per heavy atom. The average Bonchev–Trinajstić information content (AvgIpc) is 3.08. The second-order valence-electron chi connectivity index (χ2n) is 4.38. The number of aromatic amines is 1. The summed E-state index contributed by atoms with van der Waals surface area (Å²) >= 11 is 0. The van der Waals surface area contributed by atoms with E-state index in [1.54, 1.807) is 18.3 Å². The van der Waals surface area contributed by atoms with Crippen LogP contribution in [0.25, 0.3) is 5.69 Å². The molecule has 20 heavy (non-hydrogen) atoms. The summed E-state index contributed by atoms with van der Waals surface area (Å²) in [4.78, 5) is 3.80. The normalized spacial score (nSPS) is 10.7. The SMILES string of the molecule is Cc1[nH]ncc1CNc1ccc(-n2cncn2)c(F)c1. The van der Waals surface area contributed by atoms with E-state index in [0.717, 1.165) is 11.3 Å². The number of rotatable bonds is 4. The molecular weight excluding hydrogens is 259 g/mol. The Bertz CT molecular complexity index is 703. The van der Waals surface area contributed by atoms with E-state index < -0.39 is 0 Å². The zero-order chi connectivity index (χ0) is 13.9. The lowest BCUT2D eigenvalue weighted by Gasteiger charge is -2.08. The van der Waals surface area contributed by atoms with Crippen molar-refractivity contribution in [2.24, 2.45) is 0 Å². The number of anilines is 1. The first-order chi connectivity index (χ1) is 9.74. The summed E-state index contributed by atoms with van der Waals surface area (Å²) in [6.45, 7) is 2.53. The number of aromatic nitrogens is 5. The summed E-state index contributed by atoms with van der Waals surface area (Å²) in [6, 6.07) is 4.90. The predicted molar refractivity (Wildman–Crippen MR) is 72.0 cm³/mol. The molecule has 0 spiro atoms. The lowest BCUT2D eigenvalue weighted by Crippen LogP contribution is -2.03. The van der Waals surface area contributed by atoms with Gasteiger partial charge in [-0.05, 0) is 25.1 Å². The summed E-state index contributed by atoms with van der Waals surface area (Å²) < 4.78 is 15.4. The van der Waals surface area contributed by atoms with Crippen LogP contribution in [0.4, 0.5) is 10.1 Å². The fraction of sp³-hybridized carbons (Fsp3) is 0.154. The number of nitrogens with zero attached hydrogens (tertiary/aromatic N) is 4. The maximum Gasteiger partial charge on any atom is 0.150 e. The molecule has 0 fully saturated rings. The second-order valence-corrected chi connectivity index (χ2v) is 4.38. The summed E-state index contributed by atoms with van der Waals surface area (Å²) in [5.74, 6) is -0.357. The van der Waals surface area contributed by atoms with Gasteiger partial charge < -0.3 is 5.32 Å². The average molecular weight is 272 g/mol. The van der Waals surface area contributed by atoms with Crippen LogP contribution in [-0.2, 0) is 6.54 Å². The molecule has 2 aromatic heterocycles. The molecule has 7 heteroatoms. The van der Waals surface area contributed by atoms with Crippen molar-refractivity contribution in [2.45, 2.75) is 13.5 Å². The zero-order valence-electron chi connectivity index (χ0n) is 10.8. The van der Waals surface area contributed by atoms with Gasteiger partial charge in [-0.1, -0.05) is 0 Å². The standard InChI is InChI=1S/C13H13FN6/c1-9-10(6-17-19-9)5-16-11-2-3-13(12(14)4-11)20-8-15-7-18-20/h2-4,6-8,16H,5H2,1H3,(H,17,19). The van der Waals surface area contributed by atoms with Crippen LogP contribution in [0, 0.1) is 12.7 Å². The summed E-state index contributed by atoms with van der Waals surface area (Å²) in [5, 5.41) is 13.9. The lowest BCUT2D eigenvalue weighted by atomic mass is 10.2. The molecule has 0 saturated heterocycles. The molecule has 2 N–H and O–H groups in total. The molecule has 1 aromatic carbocycles. The molecule has 0 amide bonds. The number of halogens is 1. The highest BCUT2D eigenvalue weighted by atomic mass is 19.1. The van der Waals surface area contributed by atoms with Gasteiger partial charge in [-0.2, -0.15) is 10.2 Å². The third-order valence-electron chi connectivity index (χ3n) is 3.03. The molecule has 0 atom stereocenters. The fourth-order valence-electron chi connectivity index (χ4n) is 1.89. The van der Waals surface area contributed by atoms with Crippen LogP contribution in [0.1, 0.15) is 11.3 Å². The Labute approximate surface area is 114 Å². The van der Waals surface area contributed by atoms with Crippen molar-refractivity contribution in [1.29, 1.82) is 0 Å². The van der Waals surface area contributed by atoms with Gasteiger partial charge >= 0.3 is 0 Å². The highest BCUT2D eigenvalue weighted by molar-refractivity contribution is 5.49. The molecule has 0 bridgehead atoms. The minimum atomic E-state index is -0.357. The molecule has 3 rings (SSSR count). The number of hydrogen-bond donors (Lipinski definition) is 2. The topological polar surface area (TPSA) is 71.4 Å². The van der Waals surface area contributed by atoms with Gasteiger partial charge in [0.05, 0.1) is 6.20 Å². The summed E-state index contributed by atoms with van der Waals surface area (Å²) in [7, 11) is 0. The predicted octanol–water partition coefficient (Wildman–Crippen LogP) is 2.05. The van der Waals surface area contributed by atoms with Gasteiger partial charge in [-0.15, -0.1) is 0 Å². The maximum absolute atomic E-state index is 14.0. The quantitative estimate of drug-likeness (QED) is 0.762. The molecule has 0 saturated carbocycles. The molecule has 2 heterocycles. The molecule has 6 nitrogen and oxygen atoms in total. The first-order valence-corrected chi connectivity index (χ1v) is 6.11. The number of nitrogens with one attached hydrogen (secondary N) is 2. The third kappa shape index (κ3) is 2.37. The number of aryl methyl sites for hydroxylation is 1. The van der Waals surface area contributed by atoms with Gasteiger partial charge in [0, 0.05) is 23.5 Å². The Hall–Kier alpha value is -2.70. The summed E-state index contributed by atoms with van der Waals surface area (Å²) in [6.07, 6.45) is 4.58. The second kappa shape index (κ2) is 5.12. The van der Waals surface area contributed by atoms with Crippen molar-refractivity contribution >= 4 is 5.69 Å². The highest BCUT2D eigenvalue weighted by Gasteiger charge is 2.07. The Morgan fingerprint density at radius 1 is 1.40 bits per heavy atom. The first-order valence-electron chi connectivity index (χ1n) is 6.11. The van der Waals surface area contributed by atoms with Crippen LogP contribution in [-0.4, -0.2) is 25.0 Å². The molecule has 0 unspecified atom stereocenters. The molecule has 0 aliphatic rings. The van der Waals surface area contributed by atoms with Crippen molar-refractivity contribution in [2.75, 3.05) is 5.32 Å². The van der Waals surface area contributed by atoms with E-state index >= 15 is 0 Å². The monoisotopic (exact) mass is 272 g/mol. The van der Waals surface area contributed by atoms with Gasteiger partial charge in [0.25, 0.3) is 0 Å². The number of H-pyrrole nitrogens is 1. The first kappa shape index (κ1) is 12.3. The van der Waals surface area contributed by atoms with Crippen molar-refractivity contribution in [3.05, 3.63) is 54.1 Å². The van der Waals surface area contributed by atoms with E-state index in [0.29, 0.717) is 17.9 Å². The minimum Gasteiger partial charge on any atom is -0.381 e. The van der Waals surface area contributed by atoms with E-state index in [2.05, 4.69) is 25.6 Å². The molecule has 0 radical (unpaired) electrons. The van der Waals surface area contributed by atoms with Crippen molar-refractivity contribution in [3.63, 3.8) is 0 Å². The zero-order valence-corrected chi connectivity index (χ0v) is 10.8. The van der Waals surface area contributed by atoms with Gasteiger partial charge in [-0.3, -0.25) is 5.10 Å². The number of hydrogen-bond acceptors (Lipinski definition) is 4. The van der Waals surface area contributed by atoms with Gasteiger partial charge in [0.1, 0.15) is 18.3 Å². The van der Waals surface area contributed by atoms with Crippen LogP contribution in [0.15, 0.2) is 37.1 Å². The molecule has 0 aliphatic heterocycles. The smallest absolute Gasteiger partial charge is 0.150 e. The fourth-order valence-corrected chi connectivity index (χ4v) is 1.89. The highest BCUT2D eigenvalue weighted by Crippen LogP contribution is 2.18. The lowest BCUT2D eigenvalue weighted by molar-refractivity contribution is 0.611. The van der Waals surface area contributed by atoms with Crippen LogP contribution in [0.5, 0.6) is 0 Å². The molecule has 3 aromatic rings. The van der Waals surface area contributed by atoms with Crippen molar-refractivity contribution < 1.29 is 4.39 Å². The Balaban J connectivity index is 1.76. The molecule has 0 aliphatic carbocycles. The largest absolute Gasteiger partial charge is 0.381 e. The summed E-state index contributed by atoms with van der Waals surface area (Å²) in [5.41, 5.74) is 3.11. The van der Waals surface area contributed by atoms with Crippen LogP contribution >= 0.6 is 0 Å². The third-order valence-corrected chi connectivity index (χ3v) is 3.03. The minimum absolute atomic E-state index is 0.357. The maximum atomic E-state index is 14.0. The van der Waals surface area contributed by atoms with Gasteiger partial charge in [0.2, 0.25) is 0 Å². The van der Waals surface area contributed by atoms with Crippen LogP contribution in [0.2, 0.25) is 0 Å². The van der Waals surface area contributed by atoms with Crippen LogP contribution < -0.4 is 5.32 Å². The van der Waals surface area contributed by atoms with Crippen LogP contribution in [0.3, 0.4) is 0 Å². The van der Waals surface area contributed by atoms with E-state index in [9.17, 15) is 4.39 Å². The van der Waals surface area contributed by atoms with E-state index in [-0.39, 0.29) is 5.82 Å². The van der Waals surface area contributed by atoms with Crippen molar-refractivity contribution in [3.8, 4) is 5.69 Å². The van der Waals surface area contributed by atoms with Crippen molar-refractivity contribution in [1.82, 2.24) is 25.0 Å². The Morgan fingerprint density at radius 2 is 2.30 bits per heavy atom. The van der Waals surface area contributed by atoms with E-state index in [4.69, 9.17) is 0 Å². The Kier molecular flexibility index (Phi) is 3.16. The van der Waals surface area contributed by atoms with Gasteiger partial charge in [-0.25, -0.2) is 14.1 Å².